The molecule has 2 aromatic carbocycles. The maximum Gasteiger partial charge on any atom is 0.327 e. The van der Waals surface area contributed by atoms with Gasteiger partial charge in [0.1, 0.15) is 11.6 Å². The zero-order valence-corrected chi connectivity index (χ0v) is 17.3. The third kappa shape index (κ3) is 3.80. The summed E-state index contributed by atoms with van der Waals surface area (Å²) >= 11 is 1.43. The van der Waals surface area contributed by atoms with Crippen LogP contribution in [0.25, 0.3) is 0 Å². The minimum absolute atomic E-state index is 0.313. The van der Waals surface area contributed by atoms with Crippen LogP contribution >= 0.6 is 11.8 Å². The molecule has 0 saturated carbocycles. The average molecular weight is 432 g/mol. The van der Waals surface area contributed by atoms with Gasteiger partial charge in [0.2, 0.25) is 5.91 Å². The summed E-state index contributed by atoms with van der Waals surface area (Å²) in [6, 6.07) is 12.2. The highest BCUT2D eigenvalue weighted by Crippen LogP contribution is 2.36. The van der Waals surface area contributed by atoms with Crippen LogP contribution in [0.4, 0.5) is 13.6 Å². The molecule has 2 aromatic rings. The van der Waals surface area contributed by atoms with E-state index >= 15 is 0 Å². The third-order valence-electron chi connectivity index (χ3n) is 5.49. The highest BCUT2D eigenvalue weighted by atomic mass is 32.2. The van der Waals surface area contributed by atoms with Gasteiger partial charge in [-0.1, -0.05) is 30.3 Å². The summed E-state index contributed by atoms with van der Waals surface area (Å²) in [5, 5.41) is 6.11. The molecule has 0 aliphatic carbocycles. The Morgan fingerprint density at radius 3 is 2.53 bits per heavy atom. The van der Waals surface area contributed by atoms with Crippen LogP contribution in [-0.2, 0) is 10.5 Å². The van der Waals surface area contributed by atoms with Crippen molar-refractivity contribution in [2.24, 2.45) is 5.92 Å². The molecular formula is C21H22F2N4O2S. The Hall–Kier alpha value is -2.49. The third-order valence-corrected chi connectivity index (χ3v) is 6.78. The number of fused-ring (bicyclic) bond motifs is 1. The van der Waals surface area contributed by atoms with Gasteiger partial charge in [-0.15, -0.1) is 11.8 Å². The standard InChI is InChI=1S/C21H22F2N4O2S/c1-26-18-16(20(28)27(2)21(26)29)19(30-11-12-6-5-7-13(22)10-12)25-17(24-18)14-8-3-4-9-15(14)23/h3-10,16-19,24-25H,11H2,1-2H3. The minimum atomic E-state index is -0.600. The van der Waals surface area contributed by atoms with Crippen molar-refractivity contribution >= 4 is 23.7 Å². The molecule has 0 aromatic heterocycles. The quantitative estimate of drug-likeness (QED) is 0.778. The molecule has 2 aliphatic heterocycles. The number of hydrogen-bond donors (Lipinski definition) is 2. The van der Waals surface area contributed by atoms with Gasteiger partial charge in [0.15, 0.2) is 0 Å². The first kappa shape index (κ1) is 20.8. The lowest BCUT2D eigenvalue weighted by Crippen LogP contribution is -2.72. The first-order valence-electron chi connectivity index (χ1n) is 9.54. The second kappa shape index (κ2) is 8.33. The van der Waals surface area contributed by atoms with Crippen LogP contribution in [0.3, 0.4) is 0 Å². The van der Waals surface area contributed by atoms with Crippen molar-refractivity contribution in [1.29, 1.82) is 0 Å². The predicted octanol–water partition coefficient (Wildman–Crippen LogP) is 2.88. The molecule has 3 amide bonds. The summed E-state index contributed by atoms with van der Waals surface area (Å²) in [5.74, 6) is -1.15. The maximum atomic E-state index is 14.4. The van der Waals surface area contributed by atoms with E-state index in [4.69, 9.17) is 0 Å². The van der Waals surface area contributed by atoms with E-state index in [1.807, 2.05) is 6.07 Å². The number of nitrogens with one attached hydrogen (secondary N) is 2. The Labute approximate surface area is 177 Å². The summed E-state index contributed by atoms with van der Waals surface area (Å²) < 4.78 is 28.0. The number of imide groups is 1. The van der Waals surface area contributed by atoms with Crippen LogP contribution in [-0.4, -0.2) is 47.4 Å². The highest BCUT2D eigenvalue weighted by Gasteiger charge is 2.51. The number of carbonyl (C=O) groups is 2. The topological polar surface area (TPSA) is 64.7 Å². The van der Waals surface area contributed by atoms with Crippen LogP contribution in [0.15, 0.2) is 48.5 Å². The van der Waals surface area contributed by atoms with Gasteiger partial charge >= 0.3 is 6.03 Å². The molecule has 2 heterocycles. The molecule has 30 heavy (non-hydrogen) atoms. The van der Waals surface area contributed by atoms with Crippen molar-refractivity contribution in [3.05, 3.63) is 71.3 Å². The molecule has 2 aliphatic rings. The average Bonchev–Trinajstić information content (AvgIpc) is 2.74. The summed E-state index contributed by atoms with van der Waals surface area (Å²) in [7, 11) is 3.07. The second-order valence-corrected chi connectivity index (χ2v) is 8.54. The number of carbonyl (C=O) groups excluding carboxylic acids is 2. The number of urea groups is 1. The summed E-state index contributed by atoms with van der Waals surface area (Å²) in [4.78, 5) is 28.0. The Morgan fingerprint density at radius 1 is 1.03 bits per heavy atom. The SMILES string of the molecule is CN1C(=O)C2C(SCc3cccc(F)c3)NC(c3ccccc3F)NC2N(C)C1=O. The van der Waals surface area contributed by atoms with Crippen molar-refractivity contribution in [3.63, 3.8) is 0 Å². The van der Waals surface area contributed by atoms with Crippen LogP contribution in [0.5, 0.6) is 0 Å². The fourth-order valence-corrected chi connectivity index (χ4v) is 5.16. The number of rotatable bonds is 4. The summed E-state index contributed by atoms with van der Waals surface area (Å²) in [6.07, 6.45) is -1.19. The van der Waals surface area contributed by atoms with Gasteiger partial charge < -0.3 is 4.90 Å². The van der Waals surface area contributed by atoms with E-state index in [0.29, 0.717) is 11.3 Å². The van der Waals surface area contributed by atoms with Crippen LogP contribution < -0.4 is 10.6 Å². The number of halogens is 2. The van der Waals surface area contributed by atoms with Crippen LogP contribution in [0.1, 0.15) is 17.3 Å². The summed E-state index contributed by atoms with van der Waals surface area (Å²) in [5.41, 5.74) is 1.18. The second-order valence-electron chi connectivity index (χ2n) is 7.41. The molecule has 2 saturated heterocycles. The van der Waals surface area contributed by atoms with E-state index in [2.05, 4.69) is 10.6 Å². The molecule has 0 spiro atoms. The Bertz CT molecular complexity index is 976. The van der Waals surface area contributed by atoms with E-state index < -0.39 is 29.7 Å². The number of nitrogens with zero attached hydrogens (tertiary/aromatic N) is 2. The van der Waals surface area contributed by atoms with E-state index in [0.717, 1.165) is 10.5 Å². The van der Waals surface area contributed by atoms with Crippen molar-refractivity contribution in [2.75, 3.05) is 14.1 Å². The number of thioether (sulfide) groups is 1. The first-order chi connectivity index (χ1) is 14.4. The number of amides is 3. The number of benzene rings is 2. The Morgan fingerprint density at radius 2 is 1.80 bits per heavy atom. The fraction of sp³-hybridized carbons (Fsp3) is 0.333. The molecule has 4 unspecified atom stereocenters. The van der Waals surface area contributed by atoms with Gasteiger partial charge in [0, 0.05) is 25.4 Å². The normalized spacial score (nSPS) is 26.7. The molecular weight excluding hydrogens is 410 g/mol. The lowest BCUT2D eigenvalue weighted by Gasteiger charge is -2.50. The van der Waals surface area contributed by atoms with Gasteiger partial charge in [0.05, 0.1) is 23.6 Å². The molecule has 0 radical (unpaired) electrons. The van der Waals surface area contributed by atoms with Crippen LogP contribution in [0, 0.1) is 17.6 Å². The van der Waals surface area contributed by atoms with Gasteiger partial charge in [-0.25, -0.2) is 13.6 Å². The molecule has 6 nitrogen and oxygen atoms in total. The lowest BCUT2D eigenvalue weighted by molar-refractivity contribution is -0.140. The fourth-order valence-electron chi connectivity index (χ4n) is 3.90. The number of hydrogen-bond acceptors (Lipinski definition) is 5. The molecule has 2 fully saturated rings. The van der Waals surface area contributed by atoms with Gasteiger partial charge in [-0.3, -0.25) is 20.3 Å². The van der Waals surface area contributed by atoms with Gasteiger partial charge in [-0.2, -0.15) is 0 Å². The van der Waals surface area contributed by atoms with Crippen molar-refractivity contribution < 1.29 is 18.4 Å². The Kier molecular flexibility index (Phi) is 5.77. The minimum Gasteiger partial charge on any atom is -0.311 e. The van der Waals surface area contributed by atoms with Gasteiger partial charge in [0.25, 0.3) is 0 Å². The lowest BCUT2D eigenvalue weighted by atomic mass is 9.96. The molecule has 4 rings (SSSR count). The zero-order chi connectivity index (χ0) is 21.4. The van der Waals surface area contributed by atoms with Crippen LogP contribution in [0.2, 0.25) is 0 Å². The monoisotopic (exact) mass is 432 g/mol. The zero-order valence-electron chi connectivity index (χ0n) is 16.5. The summed E-state index contributed by atoms with van der Waals surface area (Å²) in [6.45, 7) is 0. The largest absolute Gasteiger partial charge is 0.327 e. The van der Waals surface area contributed by atoms with Crippen molar-refractivity contribution in [2.45, 2.75) is 23.5 Å². The molecule has 2 N–H and O–H groups in total. The smallest absolute Gasteiger partial charge is 0.311 e. The molecule has 9 heteroatoms. The van der Waals surface area contributed by atoms with Crippen molar-refractivity contribution in [1.82, 2.24) is 20.4 Å². The van der Waals surface area contributed by atoms with E-state index in [1.54, 1.807) is 31.3 Å². The molecule has 158 valence electrons. The molecule has 4 atom stereocenters. The first-order valence-corrected chi connectivity index (χ1v) is 10.6. The molecule has 0 bridgehead atoms. The van der Waals surface area contributed by atoms with E-state index in [-0.39, 0.29) is 17.5 Å². The van der Waals surface area contributed by atoms with Crippen molar-refractivity contribution in [3.8, 4) is 0 Å². The predicted molar refractivity (Wildman–Crippen MR) is 110 cm³/mol. The van der Waals surface area contributed by atoms with E-state index in [1.165, 1.54) is 41.9 Å². The van der Waals surface area contributed by atoms with E-state index in [9.17, 15) is 18.4 Å². The van der Waals surface area contributed by atoms with Gasteiger partial charge in [-0.05, 0) is 23.8 Å². The Balaban J connectivity index is 1.64. The maximum absolute atomic E-state index is 14.4. The highest BCUT2D eigenvalue weighted by molar-refractivity contribution is 7.99.